The molecule has 0 saturated heterocycles. The van der Waals surface area contributed by atoms with E-state index in [2.05, 4.69) is 15.0 Å². The molecule has 1 aliphatic carbocycles. The molecule has 8 nitrogen and oxygen atoms in total. The molecule has 0 amide bonds. The summed E-state index contributed by atoms with van der Waals surface area (Å²) in [4.78, 5) is 36.2. The maximum atomic E-state index is 12.4. The van der Waals surface area contributed by atoms with Crippen molar-refractivity contribution in [1.82, 2.24) is 15.0 Å². The summed E-state index contributed by atoms with van der Waals surface area (Å²) in [6.07, 6.45) is 6.47. The fourth-order valence-corrected chi connectivity index (χ4v) is 4.95. The number of thioether (sulfide) groups is 1. The number of carbonyl (C=O) groups is 2. The molecule has 1 aliphatic rings. The van der Waals surface area contributed by atoms with Gasteiger partial charge in [0.2, 0.25) is 12.7 Å². The number of carboxylic acid groups (broad SMARTS) is 1. The van der Waals surface area contributed by atoms with Crippen molar-refractivity contribution in [1.29, 1.82) is 0 Å². The molecule has 0 unspecified atom stereocenters. The Balaban J connectivity index is 1.62. The number of aliphatic carboxylic acids is 1. The highest BCUT2D eigenvalue weighted by molar-refractivity contribution is 7.98. The molecule has 11 heteroatoms. The Morgan fingerprint density at radius 1 is 1.18 bits per heavy atom. The van der Waals surface area contributed by atoms with E-state index in [9.17, 15) is 9.59 Å². The number of esters is 1. The lowest BCUT2D eigenvalue weighted by Gasteiger charge is -2.22. The third-order valence-electron chi connectivity index (χ3n) is 5.30. The number of aryl methyl sites for hydroxylation is 1. The predicted octanol–water partition coefficient (Wildman–Crippen LogP) is 5.12. The summed E-state index contributed by atoms with van der Waals surface area (Å²) >= 11 is 13.8. The number of halogens is 2. The number of rotatable bonds is 11. The number of hydrogen-bond acceptors (Lipinski definition) is 8. The second kappa shape index (κ2) is 11.4. The average molecular weight is 514 g/mol. The number of hydrogen-bond donors (Lipinski definition) is 1. The topological polar surface area (TPSA) is 112 Å². The number of fused-ring (bicyclic) bond motifs is 1. The van der Waals surface area contributed by atoms with Crippen molar-refractivity contribution in [2.45, 2.75) is 63.3 Å². The van der Waals surface area contributed by atoms with Gasteiger partial charge >= 0.3 is 11.9 Å². The van der Waals surface area contributed by atoms with E-state index >= 15 is 0 Å². The molecule has 178 valence electrons. The number of carboxylic acids is 1. The van der Waals surface area contributed by atoms with Crippen molar-refractivity contribution in [3.05, 3.63) is 39.3 Å². The van der Waals surface area contributed by atoms with Gasteiger partial charge in [-0.15, -0.1) is 0 Å². The van der Waals surface area contributed by atoms with Gasteiger partial charge in [0, 0.05) is 35.7 Å². The summed E-state index contributed by atoms with van der Waals surface area (Å²) in [7, 11) is 0. The molecule has 33 heavy (non-hydrogen) atoms. The van der Waals surface area contributed by atoms with Crippen LogP contribution in [0, 0.1) is 5.41 Å². The Morgan fingerprint density at radius 3 is 2.61 bits per heavy atom. The molecular formula is C22H25Cl2N3O5S. The fourth-order valence-electron chi connectivity index (χ4n) is 3.39. The molecule has 2 heterocycles. The van der Waals surface area contributed by atoms with Crippen LogP contribution in [0.25, 0.3) is 0 Å². The molecule has 2 aromatic rings. The number of carbonyl (C=O) groups excluding carboxylic acids is 1. The molecule has 0 radical (unpaired) electrons. The Morgan fingerprint density at radius 2 is 1.91 bits per heavy atom. The van der Waals surface area contributed by atoms with Crippen LogP contribution in [0.15, 0.2) is 17.6 Å². The zero-order chi connectivity index (χ0) is 24.0. The highest BCUT2D eigenvalue weighted by Crippen LogP contribution is 2.34. The van der Waals surface area contributed by atoms with Crippen molar-refractivity contribution in [3.63, 3.8) is 0 Å². The Hall–Kier alpha value is -2.10. The first-order valence-corrected chi connectivity index (χ1v) is 12.2. The van der Waals surface area contributed by atoms with E-state index in [1.54, 1.807) is 26.2 Å². The Labute approximate surface area is 206 Å². The van der Waals surface area contributed by atoms with E-state index in [4.69, 9.17) is 37.8 Å². The third-order valence-corrected chi connectivity index (χ3v) is 6.83. The maximum absolute atomic E-state index is 12.4. The molecule has 0 aliphatic heterocycles. The first kappa shape index (κ1) is 25.5. The van der Waals surface area contributed by atoms with E-state index < -0.39 is 17.4 Å². The maximum Gasteiger partial charge on any atom is 0.314 e. The Bertz CT molecular complexity index is 1020. The smallest absolute Gasteiger partial charge is 0.314 e. The van der Waals surface area contributed by atoms with Gasteiger partial charge in [0.15, 0.2) is 5.16 Å². The lowest BCUT2D eigenvalue weighted by Crippen LogP contribution is -2.28. The third kappa shape index (κ3) is 6.94. The minimum Gasteiger partial charge on any atom is -0.481 e. The van der Waals surface area contributed by atoms with Gasteiger partial charge in [-0.25, -0.2) is 4.98 Å². The van der Waals surface area contributed by atoms with Crippen LogP contribution >= 0.6 is 35.0 Å². The fraction of sp³-hybridized carbons (Fsp3) is 0.500. The zero-order valence-corrected chi connectivity index (χ0v) is 20.7. The van der Waals surface area contributed by atoms with Crippen LogP contribution < -0.4 is 4.74 Å². The van der Waals surface area contributed by atoms with Gasteiger partial charge in [-0.2, -0.15) is 4.98 Å². The van der Waals surface area contributed by atoms with Crippen LogP contribution in [0.4, 0.5) is 0 Å². The van der Waals surface area contributed by atoms with Crippen molar-refractivity contribution < 1.29 is 24.2 Å². The first-order chi connectivity index (χ1) is 15.7. The minimum absolute atomic E-state index is 0.0106. The monoisotopic (exact) mass is 513 g/mol. The molecule has 1 N–H and O–H groups in total. The van der Waals surface area contributed by atoms with Gasteiger partial charge in [0.05, 0.1) is 21.2 Å². The summed E-state index contributed by atoms with van der Waals surface area (Å²) in [5, 5.41) is 10.3. The van der Waals surface area contributed by atoms with E-state index in [1.807, 2.05) is 0 Å². The summed E-state index contributed by atoms with van der Waals surface area (Å²) < 4.78 is 11.0. The quantitative estimate of drug-likeness (QED) is 0.189. The molecule has 3 rings (SSSR count). The van der Waals surface area contributed by atoms with E-state index in [0.29, 0.717) is 39.7 Å². The van der Waals surface area contributed by atoms with E-state index in [-0.39, 0.29) is 13.2 Å². The van der Waals surface area contributed by atoms with Crippen molar-refractivity contribution in [2.75, 3.05) is 6.79 Å². The SMILES string of the molecule is CC(C)(CCCC(=O)O)C(=O)OCOc1nc(SCc2c(Cl)cncc2Cl)nc2c1CCC2. The van der Waals surface area contributed by atoms with Crippen LogP contribution in [-0.4, -0.2) is 38.8 Å². The largest absolute Gasteiger partial charge is 0.481 e. The van der Waals surface area contributed by atoms with Gasteiger partial charge in [-0.3, -0.25) is 14.6 Å². The van der Waals surface area contributed by atoms with E-state index in [0.717, 1.165) is 36.1 Å². The van der Waals surface area contributed by atoms with Gasteiger partial charge in [0.1, 0.15) is 0 Å². The van der Waals surface area contributed by atoms with Gasteiger partial charge in [-0.1, -0.05) is 35.0 Å². The zero-order valence-electron chi connectivity index (χ0n) is 18.4. The van der Waals surface area contributed by atoms with Crippen LogP contribution in [0.1, 0.15) is 56.4 Å². The molecule has 0 bridgehead atoms. The molecule has 0 aromatic carbocycles. The second-order valence-corrected chi connectivity index (χ2v) is 10.0. The van der Waals surface area contributed by atoms with E-state index in [1.165, 1.54) is 11.8 Å². The number of nitrogens with zero attached hydrogens (tertiary/aromatic N) is 3. The Kier molecular flexibility index (Phi) is 8.78. The number of ether oxygens (including phenoxy) is 2. The molecular weight excluding hydrogens is 489 g/mol. The summed E-state index contributed by atoms with van der Waals surface area (Å²) in [5.74, 6) is -0.460. The molecule has 0 atom stereocenters. The number of pyridine rings is 1. The average Bonchev–Trinajstić information content (AvgIpc) is 3.21. The minimum atomic E-state index is -0.887. The lowest BCUT2D eigenvalue weighted by molar-refractivity contribution is -0.161. The number of aromatic nitrogens is 3. The molecule has 0 spiro atoms. The van der Waals surface area contributed by atoms with Crippen molar-refractivity contribution in [3.8, 4) is 5.88 Å². The van der Waals surface area contributed by atoms with Gasteiger partial charge < -0.3 is 14.6 Å². The second-order valence-electron chi connectivity index (χ2n) is 8.29. The van der Waals surface area contributed by atoms with Crippen LogP contribution in [-0.2, 0) is 32.9 Å². The molecule has 2 aromatic heterocycles. The first-order valence-electron chi connectivity index (χ1n) is 10.5. The summed E-state index contributed by atoms with van der Waals surface area (Å²) in [6.45, 7) is 3.17. The highest BCUT2D eigenvalue weighted by Gasteiger charge is 2.29. The highest BCUT2D eigenvalue weighted by atomic mass is 35.5. The predicted molar refractivity (Wildman–Crippen MR) is 125 cm³/mol. The van der Waals surface area contributed by atoms with Gasteiger partial charge in [-0.05, 0) is 46.0 Å². The van der Waals surface area contributed by atoms with Crippen LogP contribution in [0.5, 0.6) is 5.88 Å². The lowest BCUT2D eigenvalue weighted by atomic mass is 9.87. The summed E-state index contributed by atoms with van der Waals surface area (Å²) in [5.41, 5.74) is 1.80. The van der Waals surface area contributed by atoms with Crippen molar-refractivity contribution in [2.24, 2.45) is 5.41 Å². The molecule has 0 saturated carbocycles. The van der Waals surface area contributed by atoms with Gasteiger partial charge in [0.25, 0.3) is 0 Å². The van der Waals surface area contributed by atoms with Crippen molar-refractivity contribution >= 4 is 46.9 Å². The normalized spacial score (nSPS) is 13.0. The van der Waals surface area contributed by atoms with Crippen LogP contribution in [0.3, 0.4) is 0 Å². The standard InChI is InChI=1S/C22H25Cl2N3O5S/c1-22(2,8-4-7-18(28)29)20(30)32-12-31-19-13-5-3-6-17(13)26-21(27-19)33-11-14-15(23)9-25-10-16(14)24/h9-10H,3-8,11-12H2,1-2H3,(H,28,29). The summed E-state index contributed by atoms with van der Waals surface area (Å²) in [6, 6.07) is 0. The van der Waals surface area contributed by atoms with Crippen LogP contribution in [0.2, 0.25) is 10.0 Å². The molecule has 0 fully saturated rings.